The number of rotatable bonds is 3. The van der Waals surface area contributed by atoms with Gasteiger partial charge in [0.15, 0.2) is 5.43 Å². The van der Waals surface area contributed by atoms with E-state index in [1.54, 1.807) is 6.07 Å². The minimum Gasteiger partial charge on any atom is -0.346 e. The third-order valence-electron chi connectivity index (χ3n) is 3.04. The number of hydrogen-bond donors (Lipinski definition) is 1. The molecule has 3 heteroatoms. The van der Waals surface area contributed by atoms with Gasteiger partial charge in [0.25, 0.3) is 0 Å². The standard InChI is InChI=1S/C14H18N2O/c1-10(2)11-3-4-13-12(9-11)14(17)5-7-16(13)8-6-15/h3-5,7,9-10H,6,8,15H2,1-2H3. The molecule has 0 aliphatic carbocycles. The molecule has 0 saturated heterocycles. The van der Waals surface area contributed by atoms with Crippen molar-refractivity contribution in [3.8, 4) is 0 Å². The fourth-order valence-corrected chi connectivity index (χ4v) is 2.02. The topological polar surface area (TPSA) is 48.0 Å². The van der Waals surface area contributed by atoms with Gasteiger partial charge in [0.2, 0.25) is 0 Å². The molecule has 0 aliphatic rings. The Balaban J connectivity index is 2.69. The van der Waals surface area contributed by atoms with Crippen LogP contribution in [0, 0.1) is 0 Å². The molecular formula is C14H18N2O. The third kappa shape index (κ3) is 2.24. The molecule has 17 heavy (non-hydrogen) atoms. The predicted octanol–water partition coefficient (Wildman–Crippen LogP) is 2.08. The Morgan fingerprint density at radius 2 is 2.06 bits per heavy atom. The summed E-state index contributed by atoms with van der Waals surface area (Å²) in [6, 6.07) is 7.71. The second kappa shape index (κ2) is 4.72. The Kier molecular flexibility index (Phi) is 3.29. The Bertz CT molecular complexity index is 584. The first-order valence-electron chi connectivity index (χ1n) is 5.96. The number of pyridine rings is 1. The number of benzene rings is 1. The zero-order valence-electron chi connectivity index (χ0n) is 10.3. The van der Waals surface area contributed by atoms with E-state index < -0.39 is 0 Å². The number of hydrogen-bond acceptors (Lipinski definition) is 2. The van der Waals surface area contributed by atoms with Crippen LogP contribution in [0.2, 0.25) is 0 Å². The van der Waals surface area contributed by atoms with E-state index in [1.807, 2.05) is 22.9 Å². The van der Waals surface area contributed by atoms with Crippen LogP contribution in [0.1, 0.15) is 25.3 Å². The van der Waals surface area contributed by atoms with Gasteiger partial charge in [0.05, 0.1) is 5.52 Å². The SMILES string of the molecule is CC(C)c1ccc2c(c1)c(=O)ccn2CCN. The molecule has 2 rings (SSSR count). The van der Waals surface area contributed by atoms with Crippen molar-refractivity contribution in [3.63, 3.8) is 0 Å². The first-order chi connectivity index (χ1) is 8.13. The molecule has 1 aromatic heterocycles. The van der Waals surface area contributed by atoms with E-state index >= 15 is 0 Å². The molecule has 2 aromatic rings. The number of nitrogens with two attached hydrogens (primary N) is 1. The Hall–Kier alpha value is -1.61. The molecule has 90 valence electrons. The summed E-state index contributed by atoms with van der Waals surface area (Å²) in [5.41, 5.74) is 7.81. The third-order valence-corrected chi connectivity index (χ3v) is 3.04. The van der Waals surface area contributed by atoms with E-state index in [0.717, 1.165) is 17.4 Å². The van der Waals surface area contributed by atoms with E-state index in [0.29, 0.717) is 12.5 Å². The van der Waals surface area contributed by atoms with Gasteiger partial charge >= 0.3 is 0 Å². The Morgan fingerprint density at radius 1 is 1.29 bits per heavy atom. The summed E-state index contributed by atoms with van der Waals surface area (Å²) in [7, 11) is 0. The lowest BCUT2D eigenvalue weighted by molar-refractivity contribution is 0.728. The number of aromatic nitrogens is 1. The van der Waals surface area contributed by atoms with E-state index in [9.17, 15) is 4.79 Å². The van der Waals surface area contributed by atoms with Crippen LogP contribution in [0.3, 0.4) is 0 Å². The highest BCUT2D eigenvalue weighted by Crippen LogP contribution is 2.19. The molecule has 0 radical (unpaired) electrons. The predicted molar refractivity (Wildman–Crippen MR) is 71.4 cm³/mol. The van der Waals surface area contributed by atoms with Crippen LogP contribution in [0.15, 0.2) is 35.3 Å². The molecule has 1 aromatic carbocycles. The van der Waals surface area contributed by atoms with E-state index in [2.05, 4.69) is 19.9 Å². The lowest BCUT2D eigenvalue weighted by Gasteiger charge is -2.11. The smallest absolute Gasteiger partial charge is 0.189 e. The quantitative estimate of drug-likeness (QED) is 0.877. The molecule has 0 bridgehead atoms. The summed E-state index contributed by atoms with van der Waals surface area (Å²) >= 11 is 0. The van der Waals surface area contributed by atoms with Crippen LogP contribution >= 0.6 is 0 Å². The lowest BCUT2D eigenvalue weighted by Crippen LogP contribution is -2.14. The monoisotopic (exact) mass is 230 g/mol. The zero-order valence-corrected chi connectivity index (χ0v) is 10.3. The maximum atomic E-state index is 11.9. The summed E-state index contributed by atoms with van der Waals surface area (Å²) in [5.74, 6) is 0.432. The second-order valence-electron chi connectivity index (χ2n) is 4.59. The highest BCUT2D eigenvalue weighted by Gasteiger charge is 2.05. The lowest BCUT2D eigenvalue weighted by atomic mass is 10.0. The zero-order chi connectivity index (χ0) is 12.4. The van der Waals surface area contributed by atoms with Crippen molar-refractivity contribution in [2.45, 2.75) is 26.3 Å². The fraction of sp³-hybridized carbons (Fsp3) is 0.357. The Labute approximate surface area is 101 Å². The highest BCUT2D eigenvalue weighted by atomic mass is 16.1. The van der Waals surface area contributed by atoms with Gasteiger partial charge in [0.1, 0.15) is 0 Å². The van der Waals surface area contributed by atoms with Gasteiger partial charge in [-0.25, -0.2) is 0 Å². The van der Waals surface area contributed by atoms with Crippen LogP contribution in [0.5, 0.6) is 0 Å². The summed E-state index contributed by atoms with van der Waals surface area (Å²) in [6.07, 6.45) is 1.81. The van der Waals surface area contributed by atoms with Gasteiger partial charge in [-0.15, -0.1) is 0 Å². The van der Waals surface area contributed by atoms with Crippen molar-refractivity contribution in [3.05, 3.63) is 46.2 Å². The fourth-order valence-electron chi connectivity index (χ4n) is 2.02. The first kappa shape index (κ1) is 11.9. The molecule has 0 spiro atoms. The first-order valence-corrected chi connectivity index (χ1v) is 5.96. The number of nitrogens with zero attached hydrogens (tertiary/aromatic N) is 1. The van der Waals surface area contributed by atoms with Gasteiger partial charge in [0, 0.05) is 30.7 Å². The van der Waals surface area contributed by atoms with Crippen molar-refractivity contribution < 1.29 is 0 Å². The summed E-state index contributed by atoms with van der Waals surface area (Å²) in [6.45, 7) is 5.56. The maximum Gasteiger partial charge on any atom is 0.189 e. The van der Waals surface area contributed by atoms with Crippen molar-refractivity contribution in [2.75, 3.05) is 6.54 Å². The summed E-state index contributed by atoms with van der Waals surface area (Å²) in [4.78, 5) is 11.9. The van der Waals surface area contributed by atoms with Crippen molar-refractivity contribution >= 4 is 10.9 Å². The minimum absolute atomic E-state index is 0.0794. The molecule has 0 aliphatic heterocycles. The molecule has 0 saturated carbocycles. The summed E-state index contributed by atoms with van der Waals surface area (Å²) in [5, 5.41) is 0.784. The molecule has 0 fully saturated rings. The van der Waals surface area contributed by atoms with Crippen LogP contribution < -0.4 is 11.2 Å². The minimum atomic E-state index is 0.0794. The van der Waals surface area contributed by atoms with Gasteiger partial charge < -0.3 is 10.3 Å². The van der Waals surface area contributed by atoms with Gasteiger partial charge in [-0.3, -0.25) is 4.79 Å². The number of fused-ring (bicyclic) bond motifs is 1. The molecule has 0 amide bonds. The normalized spacial score (nSPS) is 11.3. The molecule has 0 atom stereocenters. The van der Waals surface area contributed by atoms with Gasteiger partial charge in [-0.2, -0.15) is 0 Å². The molecular weight excluding hydrogens is 212 g/mol. The molecule has 1 heterocycles. The molecule has 3 nitrogen and oxygen atoms in total. The average Bonchev–Trinajstić information content (AvgIpc) is 2.32. The molecule has 0 unspecified atom stereocenters. The van der Waals surface area contributed by atoms with Crippen molar-refractivity contribution in [1.29, 1.82) is 0 Å². The van der Waals surface area contributed by atoms with Crippen LogP contribution in [-0.2, 0) is 6.54 Å². The van der Waals surface area contributed by atoms with E-state index in [-0.39, 0.29) is 5.43 Å². The second-order valence-corrected chi connectivity index (χ2v) is 4.59. The van der Waals surface area contributed by atoms with Crippen molar-refractivity contribution in [2.24, 2.45) is 5.73 Å². The van der Waals surface area contributed by atoms with Gasteiger partial charge in [-0.05, 0) is 23.6 Å². The van der Waals surface area contributed by atoms with Crippen LogP contribution in [-0.4, -0.2) is 11.1 Å². The van der Waals surface area contributed by atoms with Crippen LogP contribution in [0.4, 0.5) is 0 Å². The Morgan fingerprint density at radius 3 is 2.71 bits per heavy atom. The molecule has 2 N–H and O–H groups in total. The maximum absolute atomic E-state index is 11.9. The van der Waals surface area contributed by atoms with Crippen molar-refractivity contribution in [1.82, 2.24) is 4.57 Å². The van der Waals surface area contributed by atoms with Crippen LogP contribution in [0.25, 0.3) is 10.9 Å². The van der Waals surface area contributed by atoms with E-state index in [4.69, 9.17) is 5.73 Å². The average molecular weight is 230 g/mol. The van der Waals surface area contributed by atoms with Gasteiger partial charge in [-0.1, -0.05) is 19.9 Å². The highest BCUT2D eigenvalue weighted by molar-refractivity contribution is 5.79. The summed E-state index contributed by atoms with van der Waals surface area (Å²) < 4.78 is 2.03. The van der Waals surface area contributed by atoms with E-state index in [1.165, 1.54) is 5.56 Å². The largest absolute Gasteiger partial charge is 0.346 e.